The van der Waals surface area contributed by atoms with Crippen LogP contribution in [0.3, 0.4) is 0 Å². The second kappa shape index (κ2) is 6.19. The van der Waals surface area contributed by atoms with Crippen LogP contribution in [0.4, 0.5) is 0 Å². The maximum atomic E-state index is 10.4. The highest BCUT2D eigenvalue weighted by Gasteiger charge is 2.00. The van der Waals surface area contributed by atoms with Crippen LogP contribution in [0.15, 0.2) is 12.2 Å². The van der Waals surface area contributed by atoms with E-state index in [2.05, 4.69) is 6.58 Å². The van der Waals surface area contributed by atoms with E-state index in [1.165, 1.54) is 0 Å². The highest BCUT2D eigenvalue weighted by Crippen LogP contribution is 1.95. The van der Waals surface area contributed by atoms with Gasteiger partial charge in [-0.05, 0) is 20.5 Å². The Morgan fingerprint density at radius 1 is 1.55 bits per heavy atom. The van der Waals surface area contributed by atoms with Crippen molar-refractivity contribution in [3.05, 3.63) is 12.2 Å². The molecule has 0 aliphatic heterocycles. The van der Waals surface area contributed by atoms with E-state index in [1.807, 2.05) is 19.0 Å². The molecule has 66 valence electrons. The zero-order valence-corrected chi connectivity index (χ0v) is 7.78. The van der Waals surface area contributed by atoms with Gasteiger partial charge in [0.1, 0.15) is 0 Å². The zero-order chi connectivity index (χ0) is 8.15. The fraction of sp³-hybridized carbons (Fsp3) is 0.571. The van der Waals surface area contributed by atoms with Crippen LogP contribution in [-0.4, -0.2) is 31.4 Å². The van der Waals surface area contributed by atoms with Crippen molar-refractivity contribution in [3.8, 4) is 0 Å². The maximum absolute atomic E-state index is 10.4. The van der Waals surface area contributed by atoms with Crippen LogP contribution in [0.1, 0.15) is 6.42 Å². The molecule has 0 radical (unpaired) electrons. The van der Waals surface area contributed by atoms with Crippen molar-refractivity contribution in [1.29, 1.82) is 0 Å². The quantitative estimate of drug-likeness (QED) is 0.634. The van der Waals surface area contributed by atoms with E-state index in [0.717, 1.165) is 6.54 Å². The van der Waals surface area contributed by atoms with Crippen molar-refractivity contribution >= 4 is 18.3 Å². The van der Waals surface area contributed by atoms with Gasteiger partial charge in [-0.15, -0.1) is 12.4 Å². The van der Waals surface area contributed by atoms with Crippen LogP contribution >= 0.6 is 12.4 Å². The lowest BCUT2D eigenvalue weighted by Gasteiger charge is -2.08. The minimum atomic E-state index is -0.401. The van der Waals surface area contributed by atoms with Gasteiger partial charge in [-0.1, -0.05) is 6.58 Å². The molecule has 11 heavy (non-hydrogen) atoms. The molecular weight excluding hydrogens is 164 g/mol. The highest BCUT2D eigenvalue weighted by molar-refractivity contribution is 5.91. The Balaban J connectivity index is 0. The molecule has 4 heteroatoms. The zero-order valence-electron chi connectivity index (χ0n) is 6.96. The summed E-state index contributed by atoms with van der Waals surface area (Å²) in [5.74, 6) is -0.401. The van der Waals surface area contributed by atoms with Crippen molar-refractivity contribution in [2.45, 2.75) is 6.42 Å². The smallest absolute Gasteiger partial charge is 0.244 e. The molecule has 0 aliphatic rings. The molecule has 0 fully saturated rings. The fourth-order valence-electron chi connectivity index (χ4n) is 0.482. The first-order valence-corrected chi connectivity index (χ1v) is 3.16. The van der Waals surface area contributed by atoms with E-state index in [1.54, 1.807) is 0 Å². The summed E-state index contributed by atoms with van der Waals surface area (Å²) in [5, 5.41) is 0. The maximum Gasteiger partial charge on any atom is 0.244 e. The Bertz CT molecular complexity index is 145. The SMILES string of the molecule is C=C(CCN(C)C)C(N)=O.Cl. The average Bonchev–Trinajstić information content (AvgIpc) is 1.82. The summed E-state index contributed by atoms with van der Waals surface area (Å²) in [6, 6.07) is 0. The summed E-state index contributed by atoms with van der Waals surface area (Å²) < 4.78 is 0. The number of carbonyl (C=O) groups excluding carboxylic acids is 1. The van der Waals surface area contributed by atoms with Crippen LogP contribution < -0.4 is 5.73 Å². The Labute approximate surface area is 73.7 Å². The third-order valence-corrected chi connectivity index (χ3v) is 1.21. The number of hydrogen-bond acceptors (Lipinski definition) is 2. The van der Waals surface area contributed by atoms with Gasteiger partial charge in [0.05, 0.1) is 0 Å². The van der Waals surface area contributed by atoms with Gasteiger partial charge in [0.25, 0.3) is 0 Å². The van der Waals surface area contributed by atoms with Crippen LogP contribution in [0, 0.1) is 0 Å². The lowest BCUT2D eigenvalue weighted by Crippen LogP contribution is -2.19. The second-order valence-corrected chi connectivity index (χ2v) is 2.52. The third kappa shape index (κ3) is 7.36. The summed E-state index contributed by atoms with van der Waals surface area (Å²) in [7, 11) is 3.88. The normalized spacial score (nSPS) is 9.00. The molecule has 0 aromatic carbocycles. The van der Waals surface area contributed by atoms with E-state index in [9.17, 15) is 4.79 Å². The molecule has 0 bridgehead atoms. The third-order valence-electron chi connectivity index (χ3n) is 1.21. The molecule has 0 aliphatic carbocycles. The number of rotatable bonds is 4. The molecule has 0 spiro atoms. The van der Waals surface area contributed by atoms with Crippen molar-refractivity contribution < 1.29 is 4.79 Å². The molecule has 2 N–H and O–H groups in total. The van der Waals surface area contributed by atoms with Crippen LogP contribution in [0.2, 0.25) is 0 Å². The standard InChI is InChI=1S/C7H14N2O.ClH/c1-6(7(8)10)4-5-9(2)3;/h1,4-5H2,2-3H3,(H2,8,10);1H. The van der Waals surface area contributed by atoms with Gasteiger partial charge in [-0.3, -0.25) is 4.79 Å². The number of amides is 1. The molecular formula is C7H15ClN2O. The van der Waals surface area contributed by atoms with E-state index in [-0.39, 0.29) is 12.4 Å². The molecule has 0 saturated carbocycles. The molecule has 0 rings (SSSR count). The predicted octanol–water partition coefficient (Wildman–Crippen LogP) is 0.401. The largest absolute Gasteiger partial charge is 0.366 e. The monoisotopic (exact) mass is 178 g/mol. The molecule has 1 amide bonds. The fourth-order valence-corrected chi connectivity index (χ4v) is 0.482. The number of carbonyl (C=O) groups is 1. The number of primary amides is 1. The first kappa shape index (κ1) is 13.1. The minimum absolute atomic E-state index is 0. The van der Waals surface area contributed by atoms with Gasteiger partial charge >= 0.3 is 0 Å². The van der Waals surface area contributed by atoms with Crippen molar-refractivity contribution in [1.82, 2.24) is 4.90 Å². The molecule has 0 atom stereocenters. The Kier molecular flexibility index (Phi) is 7.36. The van der Waals surface area contributed by atoms with E-state index in [4.69, 9.17) is 5.73 Å². The van der Waals surface area contributed by atoms with Gasteiger partial charge in [0.2, 0.25) is 5.91 Å². The van der Waals surface area contributed by atoms with Crippen LogP contribution in [0.5, 0.6) is 0 Å². The first-order chi connectivity index (χ1) is 4.54. The molecule has 3 nitrogen and oxygen atoms in total. The number of hydrogen-bond donors (Lipinski definition) is 1. The second-order valence-electron chi connectivity index (χ2n) is 2.52. The highest BCUT2D eigenvalue weighted by atomic mass is 35.5. The molecule has 0 aromatic heterocycles. The van der Waals surface area contributed by atoms with E-state index >= 15 is 0 Å². The number of halogens is 1. The van der Waals surface area contributed by atoms with Gasteiger partial charge in [0.15, 0.2) is 0 Å². The summed E-state index contributed by atoms with van der Waals surface area (Å²) >= 11 is 0. The topological polar surface area (TPSA) is 46.3 Å². The van der Waals surface area contributed by atoms with E-state index < -0.39 is 5.91 Å². The van der Waals surface area contributed by atoms with Gasteiger partial charge in [0, 0.05) is 12.1 Å². The summed E-state index contributed by atoms with van der Waals surface area (Å²) in [6.45, 7) is 4.35. The van der Waals surface area contributed by atoms with Gasteiger partial charge in [-0.25, -0.2) is 0 Å². The summed E-state index contributed by atoms with van der Waals surface area (Å²) in [4.78, 5) is 12.4. The molecule has 0 saturated heterocycles. The van der Waals surface area contributed by atoms with Crippen LogP contribution in [0.25, 0.3) is 0 Å². The lowest BCUT2D eigenvalue weighted by molar-refractivity contribution is -0.114. The Morgan fingerprint density at radius 2 is 2.00 bits per heavy atom. The minimum Gasteiger partial charge on any atom is -0.366 e. The molecule has 0 aromatic rings. The Morgan fingerprint density at radius 3 is 2.27 bits per heavy atom. The number of nitrogens with two attached hydrogens (primary N) is 1. The van der Waals surface area contributed by atoms with Crippen molar-refractivity contribution in [3.63, 3.8) is 0 Å². The lowest BCUT2D eigenvalue weighted by atomic mass is 10.2. The predicted molar refractivity (Wildman–Crippen MR) is 48.8 cm³/mol. The molecule has 0 heterocycles. The van der Waals surface area contributed by atoms with Gasteiger partial charge in [-0.2, -0.15) is 0 Å². The summed E-state index contributed by atoms with van der Waals surface area (Å²) in [6.07, 6.45) is 0.655. The van der Waals surface area contributed by atoms with Crippen LogP contribution in [-0.2, 0) is 4.79 Å². The van der Waals surface area contributed by atoms with E-state index in [0.29, 0.717) is 12.0 Å². The van der Waals surface area contributed by atoms with Gasteiger partial charge < -0.3 is 10.6 Å². The summed E-state index contributed by atoms with van der Waals surface area (Å²) in [5.41, 5.74) is 5.46. The number of nitrogens with zero attached hydrogens (tertiary/aromatic N) is 1. The van der Waals surface area contributed by atoms with Crippen molar-refractivity contribution in [2.24, 2.45) is 5.73 Å². The molecule has 0 unspecified atom stereocenters. The first-order valence-electron chi connectivity index (χ1n) is 3.16. The average molecular weight is 179 g/mol. The Hall–Kier alpha value is -0.540. The van der Waals surface area contributed by atoms with Crippen molar-refractivity contribution in [2.75, 3.05) is 20.6 Å².